The molecule has 0 bridgehead atoms. The topological polar surface area (TPSA) is 64.1 Å². The van der Waals surface area contributed by atoms with Crippen LogP contribution in [0.25, 0.3) is 11.0 Å². The minimum atomic E-state index is -0.0719. The normalized spacial score (nSPS) is 10.5. The number of amides is 1. The molecule has 1 aromatic heterocycles. The molecule has 3 rings (SSSR count). The predicted octanol–water partition coefficient (Wildman–Crippen LogP) is 3.21. The summed E-state index contributed by atoms with van der Waals surface area (Å²) in [6.07, 6.45) is 3.59. The number of nitrogens with zero attached hydrogens (tertiary/aromatic N) is 2. The predicted molar refractivity (Wildman–Crippen MR) is 89.5 cm³/mol. The standard InChI is InChI=1S/C18H17N3O2/c1-2-23-15-6-3-13(4-7-15)11-18(22)21-14-5-8-16-17(12-14)20-10-9-19-16/h3-10,12H,2,11H2,1H3,(H,21,22). The zero-order valence-electron chi connectivity index (χ0n) is 12.8. The van der Waals surface area contributed by atoms with Crippen LogP contribution in [0.2, 0.25) is 0 Å². The van der Waals surface area contributed by atoms with Gasteiger partial charge in [-0.1, -0.05) is 12.1 Å². The summed E-state index contributed by atoms with van der Waals surface area (Å²) in [5, 5.41) is 2.88. The van der Waals surface area contributed by atoms with Crippen molar-refractivity contribution < 1.29 is 9.53 Å². The summed E-state index contributed by atoms with van der Waals surface area (Å²) < 4.78 is 5.39. The highest BCUT2D eigenvalue weighted by Crippen LogP contribution is 2.16. The lowest BCUT2D eigenvalue weighted by atomic mass is 10.1. The smallest absolute Gasteiger partial charge is 0.228 e. The van der Waals surface area contributed by atoms with Crippen LogP contribution in [0.1, 0.15) is 12.5 Å². The first-order valence-corrected chi connectivity index (χ1v) is 7.47. The van der Waals surface area contributed by atoms with Crippen LogP contribution in [0.3, 0.4) is 0 Å². The summed E-state index contributed by atoms with van der Waals surface area (Å²) >= 11 is 0. The zero-order valence-corrected chi connectivity index (χ0v) is 12.8. The highest BCUT2D eigenvalue weighted by atomic mass is 16.5. The first-order chi connectivity index (χ1) is 11.2. The molecule has 2 aromatic carbocycles. The van der Waals surface area contributed by atoms with Crippen molar-refractivity contribution in [3.63, 3.8) is 0 Å². The van der Waals surface area contributed by atoms with Gasteiger partial charge in [-0.15, -0.1) is 0 Å². The number of carbonyl (C=O) groups excluding carboxylic acids is 1. The van der Waals surface area contributed by atoms with Gasteiger partial charge in [0.25, 0.3) is 0 Å². The Balaban J connectivity index is 1.65. The van der Waals surface area contributed by atoms with Crippen molar-refractivity contribution in [1.29, 1.82) is 0 Å². The Kier molecular flexibility index (Phi) is 4.47. The van der Waals surface area contributed by atoms with Crippen LogP contribution >= 0.6 is 0 Å². The number of benzene rings is 2. The molecular weight excluding hydrogens is 290 g/mol. The van der Waals surface area contributed by atoms with Gasteiger partial charge in [0.05, 0.1) is 24.1 Å². The van der Waals surface area contributed by atoms with Crippen LogP contribution in [0, 0.1) is 0 Å². The van der Waals surface area contributed by atoms with Crippen LogP contribution in [-0.2, 0) is 11.2 Å². The Morgan fingerprint density at radius 3 is 2.52 bits per heavy atom. The molecule has 1 heterocycles. The second-order valence-corrected chi connectivity index (χ2v) is 5.06. The van der Waals surface area contributed by atoms with Gasteiger partial charge in [0.1, 0.15) is 5.75 Å². The number of carbonyl (C=O) groups is 1. The van der Waals surface area contributed by atoms with Crippen LogP contribution in [0.4, 0.5) is 5.69 Å². The second kappa shape index (κ2) is 6.87. The molecule has 116 valence electrons. The van der Waals surface area contributed by atoms with Gasteiger partial charge in [-0.25, -0.2) is 0 Å². The summed E-state index contributed by atoms with van der Waals surface area (Å²) in [6, 6.07) is 13.0. The summed E-state index contributed by atoms with van der Waals surface area (Å²) in [4.78, 5) is 20.6. The number of hydrogen-bond acceptors (Lipinski definition) is 4. The van der Waals surface area contributed by atoms with E-state index in [9.17, 15) is 4.79 Å². The van der Waals surface area contributed by atoms with Gasteiger partial charge in [0.15, 0.2) is 0 Å². The fourth-order valence-corrected chi connectivity index (χ4v) is 2.30. The van der Waals surface area contributed by atoms with E-state index in [1.165, 1.54) is 0 Å². The number of nitrogens with one attached hydrogen (secondary N) is 1. The monoisotopic (exact) mass is 307 g/mol. The van der Waals surface area contributed by atoms with E-state index in [1.807, 2.05) is 49.4 Å². The Labute approximate surface area is 134 Å². The van der Waals surface area contributed by atoms with Gasteiger partial charge in [-0.2, -0.15) is 0 Å². The quantitative estimate of drug-likeness (QED) is 0.786. The number of anilines is 1. The highest BCUT2D eigenvalue weighted by molar-refractivity contribution is 5.94. The molecule has 0 unspecified atom stereocenters. The van der Waals surface area contributed by atoms with Crippen molar-refractivity contribution in [2.24, 2.45) is 0 Å². The van der Waals surface area contributed by atoms with Crippen LogP contribution in [-0.4, -0.2) is 22.5 Å². The average Bonchev–Trinajstić information content (AvgIpc) is 2.57. The number of fused-ring (bicyclic) bond motifs is 1. The van der Waals surface area contributed by atoms with Gasteiger partial charge < -0.3 is 10.1 Å². The van der Waals surface area contributed by atoms with E-state index >= 15 is 0 Å². The van der Waals surface area contributed by atoms with E-state index < -0.39 is 0 Å². The average molecular weight is 307 g/mol. The molecule has 3 aromatic rings. The Morgan fingerprint density at radius 1 is 1.04 bits per heavy atom. The molecule has 0 aliphatic rings. The van der Waals surface area contributed by atoms with Gasteiger partial charge in [-0.05, 0) is 42.8 Å². The van der Waals surface area contributed by atoms with E-state index in [-0.39, 0.29) is 5.91 Å². The van der Waals surface area contributed by atoms with Gasteiger partial charge in [-0.3, -0.25) is 14.8 Å². The maximum absolute atomic E-state index is 12.2. The molecule has 0 saturated heterocycles. The molecule has 0 radical (unpaired) electrons. The maximum atomic E-state index is 12.2. The molecule has 0 aliphatic heterocycles. The molecule has 0 spiro atoms. The van der Waals surface area contributed by atoms with Crippen molar-refractivity contribution in [1.82, 2.24) is 9.97 Å². The largest absolute Gasteiger partial charge is 0.494 e. The molecule has 5 nitrogen and oxygen atoms in total. The summed E-state index contributed by atoms with van der Waals surface area (Å²) in [5.74, 6) is 0.738. The minimum Gasteiger partial charge on any atom is -0.494 e. The first kappa shape index (κ1) is 15.0. The van der Waals surface area contributed by atoms with E-state index in [0.29, 0.717) is 18.7 Å². The summed E-state index contributed by atoms with van der Waals surface area (Å²) in [5.41, 5.74) is 3.21. The van der Waals surface area contributed by atoms with Crippen LogP contribution in [0.15, 0.2) is 54.9 Å². The molecule has 23 heavy (non-hydrogen) atoms. The summed E-state index contributed by atoms with van der Waals surface area (Å²) in [6.45, 7) is 2.57. The molecular formula is C18H17N3O2. The van der Waals surface area contributed by atoms with Crippen LogP contribution in [0.5, 0.6) is 5.75 Å². The lowest BCUT2D eigenvalue weighted by molar-refractivity contribution is -0.115. The van der Waals surface area contributed by atoms with E-state index in [4.69, 9.17) is 4.74 Å². The Morgan fingerprint density at radius 2 is 1.78 bits per heavy atom. The number of hydrogen-bond donors (Lipinski definition) is 1. The molecule has 0 aliphatic carbocycles. The second-order valence-electron chi connectivity index (χ2n) is 5.06. The SMILES string of the molecule is CCOc1ccc(CC(=O)Nc2ccc3nccnc3c2)cc1. The summed E-state index contributed by atoms with van der Waals surface area (Å²) in [7, 11) is 0. The van der Waals surface area contributed by atoms with E-state index in [2.05, 4.69) is 15.3 Å². The molecule has 1 amide bonds. The lowest BCUT2D eigenvalue weighted by Crippen LogP contribution is -2.14. The fraction of sp³-hybridized carbons (Fsp3) is 0.167. The molecule has 0 saturated carbocycles. The van der Waals surface area contributed by atoms with Crippen LogP contribution < -0.4 is 10.1 Å². The Hall–Kier alpha value is -2.95. The van der Waals surface area contributed by atoms with Crippen molar-refractivity contribution in [3.8, 4) is 5.75 Å². The van der Waals surface area contributed by atoms with Gasteiger partial charge >= 0.3 is 0 Å². The molecule has 0 atom stereocenters. The van der Waals surface area contributed by atoms with Gasteiger partial charge in [0, 0.05) is 18.1 Å². The molecule has 1 N–H and O–H groups in total. The third-order valence-electron chi connectivity index (χ3n) is 3.35. The minimum absolute atomic E-state index is 0.0719. The van der Waals surface area contributed by atoms with Crippen molar-refractivity contribution >= 4 is 22.6 Å². The van der Waals surface area contributed by atoms with E-state index in [1.54, 1.807) is 12.4 Å². The lowest BCUT2D eigenvalue weighted by Gasteiger charge is -2.07. The highest BCUT2D eigenvalue weighted by Gasteiger charge is 2.06. The molecule has 5 heteroatoms. The van der Waals surface area contributed by atoms with Gasteiger partial charge in [0.2, 0.25) is 5.91 Å². The number of rotatable bonds is 5. The zero-order chi connectivity index (χ0) is 16.1. The fourth-order valence-electron chi connectivity index (χ4n) is 2.30. The van der Waals surface area contributed by atoms with Crippen molar-refractivity contribution in [2.45, 2.75) is 13.3 Å². The number of aromatic nitrogens is 2. The molecule has 0 fully saturated rings. The van der Waals surface area contributed by atoms with Crippen molar-refractivity contribution in [3.05, 3.63) is 60.4 Å². The van der Waals surface area contributed by atoms with E-state index in [0.717, 1.165) is 22.3 Å². The third kappa shape index (κ3) is 3.83. The maximum Gasteiger partial charge on any atom is 0.228 e. The Bertz CT molecular complexity index is 816. The number of ether oxygens (including phenoxy) is 1. The third-order valence-corrected chi connectivity index (χ3v) is 3.35. The first-order valence-electron chi connectivity index (χ1n) is 7.47. The van der Waals surface area contributed by atoms with Crippen molar-refractivity contribution in [2.75, 3.05) is 11.9 Å².